The second kappa shape index (κ2) is 5.14. The van der Waals surface area contributed by atoms with Crippen molar-refractivity contribution in [1.82, 2.24) is 5.32 Å². The van der Waals surface area contributed by atoms with Crippen LogP contribution in [0.25, 0.3) is 0 Å². The van der Waals surface area contributed by atoms with Crippen LogP contribution in [0.5, 0.6) is 0 Å². The molecule has 1 aromatic carbocycles. The maximum atomic E-state index is 3.63. The van der Waals surface area contributed by atoms with Crippen molar-refractivity contribution >= 4 is 28.3 Å². The Labute approximate surface area is 118 Å². The Morgan fingerprint density at radius 1 is 1.41 bits per heavy atom. The number of halogens is 1. The number of piperazine rings is 1. The molecule has 17 heavy (non-hydrogen) atoms. The van der Waals surface area contributed by atoms with Gasteiger partial charge in [-0.2, -0.15) is 0 Å². The molecule has 0 bridgehead atoms. The Morgan fingerprint density at radius 3 is 2.76 bits per heavy atom. The van der Waals surface area contributed by atoms with Gasteiger partial charge >= 0.3 is 0 Å². The lowest BCUT2D eigenvalue weighted by molar-refractivity contribution is 0.306. The number of anilines is 1. The maximum absolute atomic E-state index is 3.63. The highest BCUT2D eigenvalue weighted by Gasteiger charge is 2.32. The molecule has 1 atom stereocenters. The molecule has 1 N–H and O–H groups in total. The fraction of sp³-hybridized carbons (Fsp3) is 0.571. The summed E-state index contributed by atoms with van der Waals surface area (Å²) in [5.74, 6) is 0. The number of hydrogen-bond donors (Lipinski definition) is 1. The number of hydrogen-bond acceptors (Lipinski definition) is 2. The summed E-state index contributed by atoms with van der Waals surface area (Å²) in [6, 6.07) is 9.29. The van der Waals surface area contributed by atoms with E-state index in [1.54, 1.807) is 0 Å². The van der Waals surface area contributed by atoms with E-state index in [9.17, 15) is 0 Å². The molecule has 0 amide bonds. The van der Waals surface area contributed by atoms with Gasteiger partial charge in [0.1, 0.15) is 0 Å². The van der Waals surface area contributed by atoms with Crippen LogP contribution in [0.2, 0.25) is 0 Å². The van der Waals surface area contributed by atoms with Gasteiger partial charge in [-0.1, -0.05) is 19.1 Å². The first kappa shape index (κ1) is 13.1. The molecule has 1 fully saturated rings. The van der Waals surface area contributed by atoms with Crippen LogP contribution in [0, 0.1) is 3.57 Å². The first-order chi connectivity index (χ1) is 8.03. The number of nitrogens with one attached hydrogen (secondary N) is 1. The first-order valence-electron chi connectivity index (χ1n) is 6.30. The average Bonchev–Trinajstić information content (AvgIpc) is 2.28. The lowest BCUT2D eigenvalue weighted by atomic mass is 9.97. The van der Waals surface area contributed by atoms with Crippen LogP contribution in [0.15, 0.2) is 24.3 Å². The quantitative estimate of drug-likeness (QED) is 0.829. The second-order valence-electron chi connectivity index (χ2n) is 5.41. The number of benzene rings is 1. The number of nitrogens with zero attached hydrogens (tertiary/aromatic N) is 1. The summed E-state index contributed by atoms with van der Waals surface area (Å²) >= 11 is 2.44. The van der Waals surface area contributed by atoms with Gasteiger partial charge in [-0.15, -0.1) is 0 Å². The van der Waals surface area contributed by atoms with Gasteiger partial charge in [0.15, 0.2) is 0 Å². The highest BCUT2D eigenvalue weighted by molar-refractivity contribution is 14.1. The van der Waals surface area contributed by atoms with Gasteiger partial charge in [0.25, 0.3) is 0 Å². The van der Waals surface area contributed by atoms with E-state index in [0.29, 0.717) is 6.04 Å². The topological polar surface area (TPSA) is 15.3 Å². The Kier molecular flexibility index (Phi) is 3.98. The van der Waals surface area contributed by atoms with E-state index in [1.807, 2.05) is 0 Å². The van der Waals surface area contributed by atoms with E-state index in [0.717, 1.165) is 13.1 Å². The molecule has 2 nitrogen and oxygen atoms in total. The molecule has 0 radical (unpaired) electrons. The van der Waals surface area contributed by atoms with Crippen LogP contribution in [-0.4, -0.2) is 24.7 Å². The summed E-state index contributed by atoms with van der Waals surface area (Å²) in [5.41, 5.74) is 1.58. The molecule has 2 rings (SSSR count). The van der Waals surface area contributed by atoms with Crippen LogP contribution in [0.3, 0.4) is 0 Å². The third kappa shape index (κ3) is 2.94. The average molecular weight is 344 g/mol. The molecule has 1 saturated heterocycles. The fourth-order valence-electron chi connectivity index (χ4n) is 2.45. The molecule has 1 aliphatic heterocycles. The lowest BCUT2D eigenvalue weighted by Crippen LogP contribution is -2.61. The van der Waals surface area contributed by atoms with Crippen molar-refractivity contribution in [1.29, 1.82) is 0 Å². The van der Waals surface area contributed by atoms with Gasteiger partial charge in [-0.3, -0.25) is 0 Å². The van der Waals surface area contributed by atoms with Crippen LogP contribution in [0.1, 0.15) is 27.2 Å². The SMILES string of the molecule is CCC1CNC(C)(C)CN1c1ccccc1I. The number of rotatable bonds is 2. The standard InChI is InChI=1S/C14H21IN2/c1-4-11-9-16-14(2,3)10-17(11)13-8-6-5-7-12(13)15/h5-8,11,16H,4,9-10H2,1-3H3. The van der Waals surface area contributed by atoms with Crippen molar-refractivity contribution < 1.29 is 0 Å². The molecule has 1 heterocycles. The minimum absolute atomic E-state index is 0.199. The Morgan fingerprint density at radius 2 is 2.12 bits per heavy atom. The van der Waals surface area contributed by atoms with Gasteiger partial charge in [0.2, 0.25) is 0 Å². The minimum atomic E-state index is 0.199. The molecular formula is C14H21IN2. The summed E-state index contributed by atoms with van der Waals surface area (Å²) in [5, 5.41) is 3.63. The monoisotopic (exact) mass is 344 g/mol. The molecular weight excluding hydrogens is 323 g/mol. The number of para-hydroxylation sites is 1. The summed E-state index contributed by atoms with van der Waals surface area (Å²) < 4.78 is 1.35. The molecule has 0 aromatic heterocycles. The van der Waals surface area contributed by atoms with Crippen molar-refractivity contribution in [3.05, 3.63) is 27.8 Å². The summed E-state index contributed by atoms with van der Waals surface area (Å²) in [7, 11) is 0. The zero-order chi connectivity index (χ0) is 12.5. The van der Waals surface area contributed by atoms with E-state index in [-0.39, 0.29) is 5.54 Å². The van der Waals surface area contributed by atoms with Crippen molar-refractivity contribution in [2.24, 2.45) is 0 Å². The van der Waals surface area contributed by atoms with Crippen LogP contribution >= 0.6 is 22.6 Å². The molecule has 1 aromatic rings. The minimum Gasteiger partial charge on any atom is -0.365 e. The van der Waals surface area contributed by atoms with E-state index in [1.165, 1.54) is 15.7 Å². The largest absolute Gasteiger partial charge is 0.365 e. The van der Waals surface area contributed by atoms with Gasteiger partial charge < -0.3 is 10.2 Å². The Bertz CT molecular complexity index is 390. The smallest absolute Gasteiger partial charge is 0.0505 e. The third-order valence-electron chi connectivity index (χ3n) is 3.46. The highest BCUT2D eigenvalue weighted by Crippen LogP contribution is 2.28. The third-order valence-corrected chi connectivity index (χ3v) is 4.37. The van der Waals surface area contributed by atoms with Crippen LogP contribution in [-0.2, 0) is 0 Å². The molecule has 1 aliphatic rings. The summed E-state index contributed by atoms with van der Waals surface area (Å²) in [6.07, 6.45) is 1.19. The van der Waals surface area contributed by atoms with Gasteiger partial charge in [0.05, 0.1) is 5.69 Å². The molecule has 0 spiro atoms. The second-order valence-corrected chi connectivity index (χ2v) is 6.57. The van der Waals surface area contributed by atoms with Gasteiger partial charge in [-0.05, 0) is 55.0 Å². The summed E-state index contributed by atoms with van der Waals surface area (Å²) in [6.45, 7) is 8.98. The fourth-order valence-corrected chi connectivity index (χ4v) is 3.14. The first-order valence-corrected chi connectivity index (χ1v) is 7.37. The van der Waals surface area contributed by atoms with Gasteiger partial charge in [0, 0.05) is 28.2 Å². The maximum Gasteiger partial charge on any atom is 0.0505 e. The van der Waals surface area contributed by atoms with Crippen molar-refractivity contribution in [2.45, 2.75) is 38.8 Å². The van der Waals surface area contributed by atoms with Crippen molar-refractivity contribution in [3.8, 4) is 0 Å². The molecule has 1 unspecified atom stereocenters. The predicted octanol–water partition coefficient (Wildman–Crippen LogP) is 3.26. The normalized spacial score (nSPS) is 23.8. The highest BCUT2D eigenvalue weighted by atomic mass is 127. The van der Waals surface area contributed by atoms with Crippen LogP contribution < -0.4 is 10.2 Å². The zero-order valence-electron chi connectivity index (χ0n) is 10.8. The zero-order valence-corrected chi connectivity index (χ0v) is 13.0. The summed E-state index contributed by atoms with van der Waals surface area (Å²) in [4.78, 5) is 2.57. The van der Waals surface area contributed by atoms with Gasteiger partial charge in [-0.25, -0.2) is 0 Å². The van der Waals surface area contributed by atoms with E-state index >= 15 is 0 Å². The Hall–Kier alpha value is -0.290. The van der Waals surface area contributed by atoms with Crippen molar-refractivity contribution in [3.63, 3.8) is 0 Å². The predicted molar refractivity (Wildman–Crippen MR) is 82.7 cm³/mol. The molecule has 3 heteroatoms. The van der Waals surface area contributed by atoms with E-state index < -0.39 is 0 Å². The van der Waals surface area contributed by atoms with E-state index in [2.05, 4.69) is 77.8 Å². The Balaban J connectivity index is 2.30. The molecule has 0 aliphatic carbocycles. The lowest BCUT2D eigenvalue weighted by Gasteiger charge is -2.46. The van der Waals surface area contributed by atoms with Crippen molar-refractivity contribution in [2.75, 3.05) is 18.0 Å². The molecule has 0 saturated carbocycles. The van der Waals surface area contributed by atoms with E-state index in [4.69, 9.17) is 0 Å². The van der Waals surface area contributed by atoms with Crippen LogP contribution in [0.4, 0.5) is 5.69 Å². The molecule has 94 valence electrons.